The van der Waals surface area contributed by atoms with Crippen molar-refractivity contribution in [1.82, 2.24) is 4.72 Å². The number of nitrogens with one attached hydrogen (secondary N) is 3. The summed E-state index contributed by atoms with van der Waals surface area (Å²) in [7, 11) is -2.39. The molecule has 0 aliphatic heterocycles. The van der Waals surface area contributed by atoms with E-state index in [0.717, 1.165) is 0 Å². The van der Waals surface area contributed by atoms with E-state index in [-0.39, 0.29) is 11.5 Å². The highest BCUT2D eigenvalue weighted by molar-refractivity contribution is 7.90. The molecule has 0 heterocycles. The van der Waals surface area contributed by atoms with E-state index in [1.165, 1.54) is 26.2 Å². The lowest BCUT2D eigenvalue weighted by Gasteiger charge is -2.10. The molecule has 0 atom stereocenters. The molecule has 138 valence electrons. The molecule has 0 radical (unpaired) electrons. The average Bonchev–Trinajstić information content (AvgIpc) is 2.60. The van der Waals surface area contributed by atoms with Crippen molar-refractivity contribution < 1.29 is 22.7 Å². The molecule has 2 amide bonds. The first-order chi connectivity index (χ1) is 12.3. The maximum atomic E-state index is 12.0. The number of benzene rings is 2. The van der Waals surface area contributed by atoms with Crippen molar-refractivity contribution in [3.8, 4) is 5.75 Å². The van der Waals surface area contributed by atoms with Crippen molar-refractivity contribution in [2.24, 2.45) is 0 Å². The smallest absolute Gasteiger partial charge is 0.264 e. The van der Waals surface area contributed by atoms with Gasteiger partial charge in [-0.25, -0.2) is 13.1 Å². The van der Waals surface area contributed by atoms with Crippen LogP contribution in [0.5, 0.6) is 5.75 Å². The number of anilines is 2. The van der Waals surface area contributed by atoms with Gasteiger partial charge in [-0.2, -0.15) is 0 Å². The lowest BCUT2D eigenvalue weighted by molar-refractivity contribution is -0.114. The fourth-order valence-electron chi connectivity index (χ4n) is 2.03. The van der Waals surface area contributed by atoms with E-state index < -0.39 is 21.8 Å². The quantitative estimate of drug-likeness (QED) is 0.678. The second kappa shape index (κ2) is 8.34. The van der Waals surface area contributed by atoms with Crippen LogP contribution in [0.25, 0.3) is 0 Å². The van der Waals surface area contributed by atoms with Crippen LogP contribution in [0.15, 0.2) is 48.5 Å². The standard InChI is InChI=1S/C17H19N3O5S/c1-12(21)19-15-7-5-14(6-8-15)18-11-26(23,24)20-17(22)13-3-9-16(25-2)10-4-13/h3-10,18H,11H2,1-2H3,(H,19,21)(H,20,22). The van der Waals surface area contributed by atoms with Crippen LogP contribution in [0.3, 0.4) is 0 Å². The van der Waals surface area contributed by atoms with Crippen LogP contribution in [-0.2, 0) is 14.8 Å². The van der Waals surface area contributed by atoms with Gasteiger partial charge in [-0.1, -0.05) is 0 Å². The number of ether oxygens (including phenoxy) is 1. The molecular formula is C17H19N3O5S. The van der Waals surface area contributed by atoms with E-state index in [1.54, 1.807) is 36.4 Å². The molecule has 2 rings (SSSR count). The zero-order chi connectivity index (χ0) is 19.2. The Morgan fingerprint density at radius 2 is 1.54 bits per heavy atom. The summed E-state index contributed by atoms with van der Waals surface area (Å²) in [5, 5.41) is 5.31. The van der Waals surface area contributed by atoms with Gasteiger partial charge in [0.1, 0.15) is 11.6 Å². The first-order valence-electron chi connectivity index (χ1n) is 7.59. The molecule has 0 unspecified atom stereocenters. The Morgan fingerprint density at radius 3 is 2.08 bits per heavy atom. The molecule has 0 saturated carbocycles. The van der Waals surface area contributed by atoms with Crippen LogP contribution in [0.4, 0.5) is 11.4 Å². The number of hydrogen-bond acceptors (Lipinski definition) is 6. The summed E-state index contributed by atoms with van der Waals surface area (Å²) in [5.41, 5.74) is 1.33. The van der Waals surface area contributed by atoms with Gasteiger partial charge in [-0.3, -0.25) is 9.59 Å². The average molecular weight is 377 g/mol. The van der Waals surface area contributed by atoms with Gasteiger partial charge in [-0.15, -0.1) is 0 Å². The number of hydrogen-bond donors (Lipinski definition) is 3. The molecule has 26 heavy (non-hydrogen) atoms. The minimum atomic E-state index is -3.88. The molecule has 0 aromatic heterocycles. The van der Waals surface area contributed by atoms with Crippen molar-refractivity contribution in [3.05, 3.63) is 54.1 Å². The van der Waals surface area contributed by atoms with Gasteiger partial charge in [-0.05, 0) is 48.5 Å². The summed E-state index contributed by atoms with van der Waals surface area (Å²) >= 11 is 0. The van der Waals surface area contributed by atoms with Crippen LogP contribution in [-0.4, -0.2) is 33.2 Å². The van der Waals surface area contributed by atoms with E-state index >= 15 is 0 Å². The Hall–Kier alpha value is -3.07. The first-order valence-corrected chi connectivity index (χ1v) is 9.25. The van der Waals surface area contributed by atoms with E-state index in [2.05, 4.69) is 10.6 Å². The molecule has 9 heteroatoms. The van der Waals surface area contributed by atoms with Crippen LogP contribution < -0.4 is 20.1 Å². The summed E-state index contributed by atoms with van der Waals surface area (Å²) in [6.45, 7) is 1.39. The lowest BCUT2D eigenvalue weighted by atomic mass is 10.2. The monoisotopic (exact) mass is 377 g/mol. The number of methoxy groups -OCH3 is 1. The summed E-state index contributed by atoms with van der Waals surface area (Å²) < 4.78 is 31.1. The SMILES string of the molecule is COc1ccc(C(=O)NS(=O)(=O)CNc2ccc(NC(C)=O)cc2)cc1. The highest BCUT2D eigenvalue weighted by Gasteiger charge is 2.16. The molecule has 0 aliphatic carbocycles. The molecule has 0 saturated heterocycles. The Labute approximate surface area is 151 Å². The van der Waals surface area contributed by atoms with E-state index in [1.807, 2.05) is 4.72 Å². The fourth-order valence-corrected chi connectivity index (χ4v) is 2.86. The Bertz CT molecular complexity index is 878. The number of sulfonamides is 1. The Kier molecular flexibility index (Phi) is 6.18. The molecule has 0 spiro atoms. The summed E-state index contributed by atoms with van der Waals surface area (Å²) in [4.78, 5) is 23.0. The van der Waals surface area contributed by atoms with E-state index in [4.69, 9.17) is 4.74 Å². The van der Waals surface area contributed by atoms with Crippen LogP contribution in [0.2, 0.25) is 0 Å². The van der Waals surface area contributed by atoms with Crippen LogP contribution in [0, 0.1) is 0 Å². The highest BCUT2D eigenvalue weighted by atomic mass is 32.2. The number of carbonyl (C=O) groups excluding carboxylic acids is 2. The minimum Gasteiger partial charge on any atom is -0.497 e. The molecular weight excluding hydrogens is 358 g/mol. The Balaban J connectivity index is 1.93. The summed E-state index contributed by atoms with van der Waals surface area (Å²) in [5.74, 6) is -0.840. The number of amides is 2. The van der Waals surface area contributed by atoms with Crippen molar-refractivity contribution in [2.45, 2.75) is 6.92 Å². The predicted octanol–water partition coefficient (Wildman–Crippen LogP) is 1.78. The summed E-state index contributed by atoms with van der Waals surface area (Å²) in [6.07, 6.45) is 0. The second-order valence-electron chi connectivity index (χ2n) is 5.35. The van der Waals surface area contributed by atoms with Gasteiger partial charge >= 0.3 is 0 Å². The molecule has 2 aromatic rings. The third kappa shape index (κ3) is 5.78. The maximum Gasteiger partial charge on any atom is 0.264 e. The maximum absolute atomic E-state index is 12.0. The molecule has 2 aromatic carbocycles. The van der Waals surface area contributed by atoms with E-state index in [0.29, 0.717) is 17.1 Å². The molecule has 0 fully saturated rings. The van der Waals surface area contributed by atoms with Crippen LogP contribution in [0.1, 0.15) is 17.3 Å². The molecule has 0 bridgehead atoms. The largest absolute Gasteiger partial charge is 0.497 e. The lowest BCUT2D eigenvalue weighted by Crippen LogP contribution is -2.34. The topological polar surface area (TPSA) is 114 Å². The van der Waals surface area contributed by atoms with E-state index in [9.17, 15) is 18.0 Å². The van der Waals surface area contributed by atoms with Gasteiger partial charge in [0.05, 0.1) is 7.11 Å². The predicted molar refractivity (Wildman–Crippen MR) is 98.6 cm³/mol. The third-order valence-corrected chi connectivity index (χ3v) is 4.29. The molecule has 8 nitrogen and oxygen atoms in total. The van der Waals surface area contributed by atoms with Crippen molar-refractivity contribution >= 4 is 33.2 Å². The van der Waals surface area contributed by atoms with Gasteiger partial charge < -0.3 is 15.4 Å². The normalized spacial score (nSPS) is 10.7. The molecule has 3 N–H and O–H groups in total. The third-order valence-electron chi connectivity index (χ3n) is 3.27. The van der Waals surface area contributed by atoms with Crippen molar-refractivity contribution in [1.29, 1.82) is 0 Å². The fraction of sp³-hybridized carbons (Fsp3) is 0.176. The summed E-state index contributed by atoms with van der Waals surface area (Å²) in [6, 6.07) is 12.6. The first kappa shape index (κ1) is 19.3. The molecule has 0 aliphatic rings. The zero-order valence-electron chi connectivity index (χ0n) is 14.3. The van der Waals surface area contributed by atoms with Gasteiger partial charge in [0, 0.05) is 23.9 Å². The Morgan fingerprint density at radius 1 is 0.962 bits per heavy atom. The van der Waals surface area contributed by atoms with Crippen molar-refractivity contribution in [2.75, 3.05) is 23.6 Å². The van der Waals surface area contributed by atoms with Crippen molar-refractivity contribution in [3.63, 3.8) is 0 Å². The number of rotatable bonds is 7. The van der Waals surface area contributed by atoms with Crippen LogP contribution >= 0.6 is 0 Å². The van der Waals surface area contributed by atoms with Gasteiger partial charge in [0.15, 0.2) is 0 Å². The van der Waals surface area contributed by atoms with Gasteiger partial charge in [0.2, 0.25) is 5.91 Å². The second-order valence-corrected chi connectivity index (χ2v) is 7.08. The zero-order valence-corrected chi connectivity index (χ0v) is 15.1. The highest BCUT2D eigenvalue weighted by Crippen LogP contribution is 2.14. The number of carbonyl (C=O) groups is 2. The van der Waals surface area contributed by atoms with Gasteiger partial charge in [0.25, 0.3) is 15.9 Å². The minimum absolute atomic E-state index is 0.200.